The minimum atomic E-state index is -0.816. The molecule has 0 heterocycles. The molecule has 0 saturated heterocycles. The molecule has 0 aromatic heterocycles. The molecular formula is C12H11Cl2NO4S. The van der Waals surface area contributed by atoms with E-state index < -0.39 is 10.9 Å². The second-order valence-electron chi connectivity index (χ2n) is 4.85. The molecule has 1 saturated carbocycles. The summed E-state index contributed by atoms with van der Waals surface area (Å²) in [5.74, 6) is -0.222. The van der Waals surface area contributed by atoms with Gasteiger partial charge in [0.2, 0.25) is 0 Å². The molecule has 1 fully saturated rings. The molecule has 0 unspecified atom stereocenters. The highest BCUT2D eigenvalue weighted by atomic mass is 35.5. The molecule has 0 amide bonds. The molecule has 1 N–H and O–H groups in total. The lowest BCUT2D eigenvalue weighted by Gasteiger charge is -2.13. The van der Waals surface area contributed by atoms with Crippen LogP contribution in [0.3, 0.4) is 0 Å². The van der Waals surface area contributed by atoms with Crippen molar-refractivity contribution in [2.45, 2.75) is 24.2 Å². The minimum Gasteiger partial charge on any atom is -0.481 e. The Bertz CT molecular complexity index is 552. The van der Waals surface area contributed by atoms with E-state index in [0.29, 0.717) is 10.6 Å². The minimum absolute atomic E-state index is 0.127. The maximum Gasteiger partial charge on any atom is 0.303 e. The van der Waals surface area contributed by atoms with Gasteiger partial charge < -0.3 is 5.11 Å². The standard InChI is InChI=1S/C12H11Cl2NO4S/c13-8-3-7(15(18)19)4-9(14)11(8)20-6-12(1-2-12)5-10(16)17/h3-4H,1-2,5-6H2,(H,16,17). The van der Waals surface area contributed by atoms with Crippen LogP contribution in [0.15, 0.2) is 17.0 Å². The van der Waals surface area contributed by atoms with E-state index in [1.165, 1.54) is 23.9 Å². The fraction of sp³-hybridized carbons (Fsp3) is 0.417. The van der Waals surface area contributed by atoms with Gasteiger partial charge >= 0.3 is 5.97 Å². The fourth-order valence-electron chi connectivity index (χ4n) is 1.88. The Kier molecular flexibility index (Phi) is 4.46. The number of hydrogen-bond acceptors (Lipinski definition) is 4. The second kappa shape index (κ2) is 5.79. The van der Waals surface area contributed by atoms with Crippen LogP contribution >= 0.6 is 35.0 Å². The number of rotatable bonds is 6. The second-order valence-corrected chi connectivity index (χ2v) is 6.65. The predicted molar refractivity (Wildman–Crippen MR) is 77.8 cm³/mol. The lowest BCUT2D eigenvalue weighted by Crippen LogP contribution is -2.11. The van der Waals surface area contributed by atoms with Gasteiger partial charge in [-0.15, -0.1) is 11.8 Å². The number of benzene rings is 1. The van der Waals surface area contributed by atoms with E-state index in [4.69, 9.17) is 28.3 Å². The molecule has 5 nitrogen and oxygen atoms in total. The van der Waals surface area contributed by atoms with E-state index in [0.717, 1.165) is 12.8 Å². The van der Waals surface area contributed by atoms with Crippen molar-refractivity contribution in [2.24, 2.45) is 5.41 Å². The van der Waals surface area contributed by atoms with Crippen molar-refractivity contribution in [3.63, 3.8) is 0 Å². The summed E-state index contributed by atoms with van der Waals surface area (Å²) in [5, 5.41) is 20.0. The first kappa shape index (κ1) is 15.4. The smallest absolute Gasteiger partial charge is 0.303 e. The zero-order valence-electron chi connectivity index (χ0n) is 10.3. The summed E-state index contributed by atoms with van der Waals surface area (Å²) in [6.45, 7) is 0. The number of non-ortho nitro benzene ring substituents is 1. The highest BCUT2D eigenvalue weighted by molar-refractivity contribution is 7.99. The van der Waals surface area contributed by atoms with Crippen LogP contribution in [0.1, 0.15) is 19.3 Å². The van der Waals surface area contributed by atoms with Crippen molar-refractivity contribution in [3.05, 3.63) is 32.3 Å². The van der Waals surface area contributed by atoms with Gasteiger partial charge in [-0.3, -0.25) is 14.9 Å². The number of nitro groups is 1. The van der Waals surface area contributed by atoms with Crippen molar-refractivity contribution >= 4 is 46.6 Å². The first-order valence-electron chi connectivity index (χ1n) is 5.81. The largest absolute Gasteiger partial charge is 0.481 e. The third-order valence-corrected chi connectivity index (χ3v) is 5.51. The van der Waals surface area contributed by atoms with E-state index in [-0.39, 0.29) is 27.6 Å². The normalized spacial score (nSPS) is 15.9. The molecule has 1 aromatic rings. The Morgan fingerprint density at radius 2 is 1.95 bits per heavy atom. The van der Waals surface area contributed by atoms with Gasteiger partial charge in [0.25, 0.3) is 5.69 Å². The Morgan fingerprint density at radius 3 is 2.35 bits per heavy atom. The van der Waals surface area contributed by atoms with Crippen molar-refractivity contribution in [2.75, 3.05) is 5.75 Å². The average Bonchev–Trinajstić information content (AvgIpc) is 3.06. The number of thioether (sulfide) groups is 1. The molecule has 0 radical (unpaired) electrons. The molecule has 0 atom stereocenters. The quantitative estimate of drug-likeness (QED) is 0.477. The zero-order valence-corrected chi connectivity index (χ0v) is 12.6. The molecule has 2 rings (SSSR count). The molecule has 0 bridgehead atoms. The average molecular weight is 336 g/mol. The van der Waals surface area contributed by atoms with Crippen molar-refractivity contribution < 1.29 is 14.8 Å². The zero-order chi connectivity index (χ0) is 14.9. The molecule has 108 valence electrons. The molecule has 20 heavy (non-hydrogen) atoms. The first-order chi connectivity index (χ1) is 9.33. The highest BCUT2D eigenvalue weighted by Crippen LogP contribution is 2.53. The molecular weight excluding hydrogens is 325 g/mol. The van der Waals surface area contributed by atoms with Crippen LogP contribution in [0.25, 0.3) is 0 Å². The SMILES string of the molecule is O=C(O)CC1(CSc2c(Cl)cc([N+](=O)[O-])cc2Cl)CC1. The summed E-state index contributed by atoms with van der Waals surface area (Å²) in [4.78, 5) is 21.5. The van der Waals surface area contributed by atoms with Gasteiger partial charge in [0, 0.05) is 22.8 Å². The van der Waals surface area contributed by atoms with E-state index in [9.17, 15) is 14.9 Å². The van der Waals surface area contributed by atoms with Crippen molar-refractivity contribution in [1.29, 1.82) is 0 Å². The summed E-state index contributed by atoms with van der Waals surface area (Å²) in [5.41, 5.74) is -0.346. The Balaban J connectivity index is 2.11. The number of aliphatic carboxylic acids is 1. The number of nitro benzene ring substituents is 1. The number of halogens is 2. The maximum atomic E-state index is 10.8. The third kappa shape index (κ3) is 3.56. The third-order valence-electron chi connectivity index (χ3n) is 3.20. The van der Waals surface area contributed by atoms with Crippen LogP contribution in [0.5, 0.6) is 0 Å². The predicted octanol–water partition coefficient (Wildman–Crippen LogP) is 4.25. The Morgan fingerprint density at radius 1 is 1.40 bits per heavy atom. The molecule has 8 heteroatoms. The van der Waals surface area contributed by atoms with Crippen LogP contribution in [0.4, 0.5) is 5.69 Å². The van der Waals surface area contributed by atoms with Crippen LogP contribution < -0.4 is 0 Å². The maximum absolute atomic E-state index is 10.8. The number of nitrogens with zero attached hydrogens (tertiary/aromatic N) is 1. The summed E-state index contributed by atoms with van der Waals surface area (Å²) in [6.07, 6.45) is 1.87. The monoisotopic (exact) mass is 335 g/mol. The van der Waals surface area contributed by atoms with Gasteiger partial charge in [-0.1, -0.05) is 23.2 Å². The Labute approximate surface area is 129 Å². The van der Waals surface area contributed by atoms with Crippen LogP contribution in [-0.4, -0.2) is 21.8 Å². The topological polar surface area (TPSA) is 80.4 Å². The molecule has 1 aromatic carbocycles. The summed E-state index contributed by atoms with van der Waals surface area (Å²) in [6, 6.07) is 2.51. The van der Waals surface area contributed by atoms with Gasteiger partial charge in [-0.05, 0) is 18.3 Å². The van der Waals surface area contributed by atoms with Gasteiger partial charge in [0.1, 0.15) is 0 Å². The van der Waals surface area contributed by atoms with E-state index >= 15 is 0 Å². The molecule has 0 aliphatic heterocycles. The fourth-order valence-corrected chi connectivity index (χ4v) is 3.92. The molecule has 1 aliphatic carbocycles. The summed E-state index contributed by atoms with van der Waals surface area (Å²) < 4.78 is 0. The van der Waals surface area contributed by atoms with Gasteiger partial charge in [-0.2, -0.15) is 0 Å². The lowest BCUT2D eigenvalue weighted by molar-refractivity contribution is -0.384. The van der Waals surface area contributed by atoms with E-state index in [1.807, 2.05) is 0 Å². The van der Waals surface area contributed by atoms with Crippen LogP contribution in [0.2, 0.25) is 10.0 Å². The number of carboxylic acid groups (broad SMARTS) is 1. The number of hydrogen-bond donors (Lipinski definition) is 1. The summed E-state index contributed by atoms with van der Waals surface area (Å²) in [7, 11) is 0. The van der Waals surface area contributed by atoms with Gasteiger partial charge in [0.15, 0.2) is 0 Å². The first-order valence-corrected chi connectivity index (χ1v) is 7.55. The molecule has 0 spiro atoms. The van der Waals surface area contributed by atoms with E-state index in [2.05, 4.69) is 0 Å². The Hall–Kier alpha value is -0.980. The summed E-state index contributed by atoms with van der Waals surface area (Å²) >= 11 is 13.4. The van der Waals surface area contributed by atoms with Crippen molar-refractivity contribution in [1.82, 2.24) is 0 Å². The van der Waals surface area contributed by atoms with Gasteiger partial charge in [0.05, 0.1) is 21.4 Å². The lowest BCUT2D eigenvalue weighted by atomic mass is 10.1. The number of carbonyl (C=O) groups is 1. The van der Waals surface area contributed by atoms with Gasteiger partial charge in [-0.25, -0.2) is 0 Å². The van der Waals surface area contributed by atoms with Crippen molar-refractivity contribution in [3.8, 4) is 0 Å². The van der Waals surface area contributed by atoms with Crippen LogP contribution in [0, 0.1) is 15.5 Å². The highest BCUT2D eigenvalue weighted by Gasteiger charge is 2.44. The van der Waals surface area contributed by atoms with E-state index in [1.54, 1.807) is 0 Å². The molecule has 1 aliphatic rings. The van der Waals surface area contributed by atoms with Crippen LogP contribution in [-0.2, 0) is 4.79 Å². The number of carboxylic acids is 1.